The number of nitrogens with two attached hydrogens (primary N) is 1. The van der Waals surface area contributed by atoms with Gasteiger partial charge in [0.1, 0.15) is 30.2 Å². The normalized spacial score (nSPS) is 25.6. The van der Waals surface area contributed by atoms with Crippen molar-refractivity contribution in [3.63, 3.8) is 0 Å². The first kappa shape index (κ1) is 35.0. The number of hydrogen-bond donors (Lipinski definition) is 4. The van der Waals surface area contributed by atoms with Crippen molar-refractivity contribution in [3.05, 3.63) is 96.6 Å². The zero-order valence-corrected chi connectivity index (χ0v) is 28.7. The minimum absolute atomic E-state index is 0.145. The van der Waals surface area contributed by atoms with Crippen molar-refractivity contribution in [3.8, 4) is 0 Å². The first-order valence-electron chi connectivity index (χ1n) is 15.3. The molecule has 2 saturated heterocycles. The van der Waals surface area contributed by atoms with Crippen LogP contribution in [-0.2, 0) is 53.6 Å². The number of aromatic nitrogens is 4. The van der Waals surface area contributed by atoms with Gasteiger partial charge < -0.3 is 34.6 Å². The van der Waals surface area contributed by atoms with Gasteiger partial charge in [-0.25, -0.2) is 28.4 Å². The Kier molecular flexibility index (Phi) is 9.78. The summed E-state index contributed by atoms with van der Waals surface area (Å²) < 4.78 is 72.6. The topological polar surface area (TPSA) is 237 Å². The van der Waals surface area contributed by atoms with Gasteiger partial charge in [-0.15, -0.1) is 0 Å². The summed E-state index contributed by atoms with van der Waals surface area (Å²) >= 11 is 0. The van der Waals surface area contributed by atoms with E-state index in [4.69, 9.17) is 24.5 Å². The SMILES string of the molecule is Nc1ncnc2c1ncn2C1OC(COP(=O)(O)OP(=O)(O)OP(=O)(O)Cc2cccc3ccccc23)C2OC(CCc3ccccc3)OC21. The van der Waals surface area contributed by atoms with Crippen molar-refractivity contribution in [2.75, 3.05) is 12.3 Å². The predicted octanol–water partition coefficient (Wildman–Crippen LogP) is 4.84. The van der Waals surface area contributed by atoms with Crippen LogP contribution >= 0.6 is 23.2 Å². The molecule has 20 heteroatoms. The third-order valence-corrected chi connectivity index (χ3v) is 12.9. The number of imidazole rings is 1. The van der Waals surface area contributed by atoms with Crippen LogP contribution in [0.1, 0.15) is 23.8 Å². The van der Waals surface area contributed by atoms with Crippen LogP contribution in [-0.4, -0.2) is 65.4 Å². The van der Waals surface area contributed by atoms with E-state index in [0.717, 1.165) is 10.9 Å². The highest BCUT2D eigenvalue weighted by atomic mass is 31.3. The summed E-state index contributed by atoms with van der Waals surface area (Å²) in [6, 6.07) is 21.7. The van der Waals surface area contributed by atoms with Gasteiger partial charge in [0, 0.05) is 6.42 Å². The minimum Gasteiger partial charge on any atom is -0.382 e. The summed E-state index contributed by atoms with van der Waals surface area (Å²) in [6.45, 7) is -0.684. The zero-order valence-electron chi connectivity index (χ0n) is 26.0. The second-order valence-corrected chi connectivity index (χ2v) is 16.7. The van der Waals surface area contributed by atoms with Crippen molar-refractivity contribution in [1.82, 2.24) is 19.5 Å². The molecule has 8 unspecified atom stereocenters. The highest BCUT2D eigenvalue weighted by Gasteiger charge is 2.54. The number of rotatable bonds is 13. The quantitative estimate of drug-likeness (QED) is 0.118. The molecule has 2 fully saturated rings. The van der Waals surface area contributed by atoms with Gasteiger partial charge in [0.15, 0.2) is 24.0 Å². The molecule has 0 radical (unpaired) electrons. The molecule has 7 rings (SSSR count). The molecule has 0 bridgehead atoms. The van der Waals surface area contributed by atoms with Crippen LogP contribution < -0.4 is 5.73 Å². The smallest absolute Gasteiger partial charge is 0.382 e. The largest absolute Gasteiger partial charge is 0.488 e. The number of phosphoric acid groups is 2. The molecule has 5 N–H and O–H groups in total. The number of phosphoric ester groups is 1. The first-order chi connectivity index (χ1) is 23.9. The molecule has 0 spiro atoms. The Morgan fingerprint density at radius 3 is 2.38 bits per heavy atom. The molecule has 5 aromatic rings. The average molecular weight is 748 g/mol. The molecular weight excluding hydrogens is 715 g/mol. The molecule has 8 atom stereocenters. The lowest BCUT2D eigenvalue weighted by atomic mass is 10.1. The van der Waals surface area contributed by atoms with E-state index in [1.165, 1.54) is 12.7 Å². The molecule has 2 aromatic heterocycles. The lowest BCUT2D eigenvalue weighted by Crippen LogP contribution is -2.31. The van der Waals surface area contributed by atoms with Gasteiger partial charge in [-0.3, -0.25) is 13.7 Å². The standard InChI is InChI=1S/C30H32N5O12P3/c31-28-25-29(33-17-32-28)35(18-34-25)30-27-26(44-24(45-27)14-13-19-7-2-1-3-8-19)23(43-30)15-42-49(38,39)47-50(40,41)46-48(36,37)16-21-11-6-10-20-9-4-5-12-22(20)21/h1-12,17-18,23-24,26-27,30H,13-16H2,(H,36,37)(H,38,39)(H,40,41)(H2,31,32,33). The van der Waals surface area contributed by atoms with Crippen LogP contribution in [0.2, 0.25) is 0 Å². The second kappa shape index (κ2) is 14.0. The third-order valence-electron chi connectivity index (χ3n) is 8.17. The van der Waals surface area contributed by atoms with Gasteiger partial charge in [-0.2, -0.15) is 4.31 Å². The Morgan fingerprint density at radius 1 is 0.820 bits per heavy atom. The lowest BCUT2D eigenvalue weighted by Gasteiger charge is -2.22. The predicted molar refractivity (Wildman–Crippen MR) is 177 cm³/mol. The number of anilines is 1. The number of aryl methyl sites for hydroxylation is 1. The molecule has 264 valence electrons. The molecule has 0 saturated carbocycles. The third kappa shape index (κ3) is 7.75. The van der Waals surface area contributed by atoms with Crippen molar-refractivity contribution in [2.24, 2.45) is 0 Å². The molecule has 4 heterocycles. The summed E-state index contributed by atoms with van der Waals surface area (Å²) in [5, 5.41) is 1.38. The number of fused-ring (bicyclic) bond motifs is 3. The van der Waals surface area contributed by atoms with E-state index >= 15 is 0 Å². The minimum atomic E-state index is -5.63. The highest BCUT2D eigenvalue weighted by molar-refractivity contribution is 7.68. The highest BCUT2D eigenvalue weighted by Crippen LogP contribution is 2.68. The molecule has 50 heavy (non-hydrogen) atoms. The van der Waals surface area contributed by atoms with Crippen molar-refractivity contribution >= 4 is 51.0 Å². The maximum Gasteiger partial charge on any atom is 0.488 e. The lowest BCUT2D eigenvalue weighted by molar-refractivity contribution is -0.151. The Bertz CT molecular complexity index is 2150. The van der Waals surface area contributed by atoms with Gasteiger partial charge >= 0.3 is 23.2 Å². The van der Waals surface area contributed by atoms with Crippen LogP contribution in [0.15, 0.2) is 85.5 Å². The Morgan fingerprint density at radius 2 is 1.56 bits per heavy atom. The summed E-state index contributed by atoms with van der Waals surface area (Å²) in [7, 11) is -15.9. The maximum absolute atomic E-state index is 12.9. The fraction of sp³-hybridized carbons (Fsp3) is 0.300. The Hall–Kier alpha value is -3.40. The number of benzene rings is 3. The molecule has 2 aliphatic rings. The van der Waals surface area contributed by atoms with Crippen molar-refractivity contribution in [1.29, 1.82) is 0 Å². The van der Waals surface area contributed by atoms with Crippen LogP contribution in [0.25, 0.3) is 21.9 Å². The van der Waals surface area contributed by atoms with Crippen LogP contribution in [0.3, 0.4) is 0 Å². The van der Waals surface area contributed by atoms with Crippen molar-refractivity contribution < 1.29 is 55.7 Å². The van der Waals surface area contributed by atoms with Crippen LogP contribution in [0.4, 0.5) is 5.82 Å². The van der Waals surface area contributed by atoms with Gasteiger partial charge in [0.2, 0.25) is 0 Å². The van der Waals surface area contributed by atoms with E-state index in [0.29, 0.717) is 35.0 Å². The maximum atomic E-state index is 12.9. The fourth-order valence-electron chi connectivity index (χ4n) is 6.05. The Labute approximate surface area is 284 Å². The number of nitrogens with zero attached hydrogens (tertiary/aromatic N) is 4. The summed E-state index contributed by atoms with van der Waals surface area (Å²) in [4.78, 5) is 43.6. The fourth-order valence-corrected chi connectivity index (χ4v) is 10.2. The van der Waals surface area contributed by atoms with Crippen LogP contribution in [0, 0.1) is 0 Å². The van der Waals surface area contributed by atoms with E-state index < -0.39 is 66.8 Å². The summed E-state index contributed by atoms with van der Waals surface area (Å²) in [5.74, 6) is 0.145. The first-order valence-corrected chi connectivity index (χ1v) is 20.1. The number of ether oxygens (including phenoxy) is 3. The summed E-state index contributed by atoms with van der Waals surface area (Å²) in [6.07, 6.45) is -1.13. The van der Waals surface area contributed by atoms with Crippen molar-refractivity contribution in [2.45, 2.75) is 49.8 Å². The van der Waals surface area contributed by atoms with Crippen LogP contribution in [0.5, 0.6) is 0 Å². The molecule has 3 aromatic carbocycles. The Balaban J connectivity index is 1.03. The number of hydrogen-bond acceptors (Lipinski definition) is 13. The molecule has 17 nitrogen and oxygen atoms in total. The van der Waals surface area contributed by atoms with E-state index in [1.54, 1.807) is 47.0 Å². The zero-order chi connectivity index (χ0) is 35.1. The summed E-state index contributed by atoms with van der Waals surface area (Å²) in [5.41, 5.74) is 8.03. The molecule has 0 amide bonds. The van der Waals surface area contributed by atoms with E-state index in [1.807, 2.05) is 30.3 Å². The molecular formula is C30H32N5O12P3. The van der Waals surface area contributed by atoms with E-state index in [9.17, 15) is 28.4 Å². The molecule has 0 aliphatic carbocycles. The number of nitrogen functional groups attached to an aromatic ring is 1. The second-order valence-electron chi connectivity index (χ2n) is 11.6. The molecule has 2 aliphatic heterocycles. The van der Waals surface area contributed by atoms with E-state index in [-0.39, 0.29) is 5.82 Å². The average Bonchev–Trinajstić information content (AvgIpc) is 3.77. The monoisotopic (exact) mass is 747 g/mol. The van der Waals surface area contributed by atoms with E-state index in [2.05, 4.69) is 23.6 Å². The van der Waals surface area contributed by atoms with Gasteiger partial charge in [0.05, 0.1) is 19.1 Å². The van der Waals surface area contributed by atoms with Gasteiger partial charge in [-0.05, 0) is 28.3 Å². The van der Waals surface area contributed by atoms with Gasteiger partial charge in [0.25, 0.3) is 0 Å². The van der Waals surface area contributed by atoms with Gasteiger partial charge in [-0.1, -0.05) is 72.8 Å².